The molecule has 6 nitrogen and oxygen atoms in total. The number of carbonyl (C=O) groups excluding carboxylic acids is 1. The van der Waals surface area contributed by atoms with Crippen molar-refractivity contribution in [1.82, 2.24) is 14.4 Å². The number of imidazole rings is 1. The van der Waals surface area contributed by atoms with E-state index in [2.05, 4.69) is 14.7 Å². The zero-order valence-corrected chi connectivity index (χ0v) is 9.54. The highest BCUT2D eigenvalue weighted by molar-refractivity contribution is 5.69. The van der Waals surface area contributed by atoms with Gasteiger partial charge in [-0.25, -0.2) is 4.98 Å². The van der Waals surface area contributed by atoms with Gasteiger partial charge in [0.25, 0.3) is 0 Å². The minimum absolute atomic E-state index is 0.244. The number of fused-ring (bicyclic) bond motifs is 1. The first-order valence-corrected chi connectivity index (χ1v) is 5.31. The van der Waals surface area contributed by atoms with E-state index in [9.17, 15) is 4.79 Å². The van der Waals surface area contributed by atoms with Crippen molar-refractivity contribution >= 4 is 11.6 Å². The number of nitrogens with zero attached hydrogens (tertiary/aromatic N) is 3. The Morgan fingerprint density at radius 2 is 2.41 bits per heavy atom. The van der Waals surface area contributed by atoms with Crippen LogP contribution in [0.1, 0.15) is 24.6 Å². The SMILES string of the molecule is COC(=O)CCC(N)c1cnc2cnccn12. The van der Waals surface area contributed by atoms with Gasteiger partial charge in [0.2, 0.25) is 0 Å². The lowest BCUT2D eigenvalue weighted by Gasteiger charge is -2.10. The summed E-state index contributed by atoms with van der Waals surface area (Å²) in [6.45, 7) is 0. The number of nitrogens with two attached hydrogens (primary N) is 1. The summed E-state index contributed by atoms with van der Waals surface area (Å²) in [4.78, 5) is 19.2. The molecule has 2 aromatic rings. The fourth-order valence-electron chi connectivity index (χ4n) is 1.66. The van der Waals surface area contributed by atoms with Gasteiger partial charge in [-0.1, -0.05) is 0 Å². The molecular formula is C11H14N4O2. The quantitative estimate of drug-likeness (QED) is 0.787. The predicted octanol–water partition coefficient (Wildman–Crippen LogP) is 0.682. The summed E-state index contributed by atoms with van der Waals surface area (Å²) < 4.78 is 6.45. The smallest absolute Gasteiger partial charge is 0.305 e. The van der Waals surface area contributed by atoms with E-state index in [1.807, 2.05) is 4.40 Å². The zero-order valence-electron chi connectivity index (χ0n) is 9.54. The zero-order chi connectivity index (χ0) is 12.3. The van der Waals surface area contributed by atoms with Crippen molar-refractivity contribution in [3.8, 4) is 0 Å². The maximum absolute atomic E-state index is 11.0. The molecule has 2 rings (SSSR count). The average Bonchev–Trinajstić information content (AvgIpc) is 2.79. The van der Waals surface area contributed by atoms with Crippen LogP contribution in [-0.2, 0) is 9.53 Å². The molecule has 0 aliphatic rings. The van der Waals surface area contributed by atoms with Crippen LogP contribution in [0.2, 0.25) is 0 Å². The third-order valence-electron chi connectivity index (χ3n) is 2.61. The molecule has 0 aromatic carbocycles. The lowest BCUT2D eigenvalue weighted by atomic mass is 10.1. The summed E-state index contributed by atoms with van der Waals surface area (Å²) in [5.41, 5.74) is 7.63. The standard InChI is InChI=1S/C11H14N4O2/c1-17-11(16)3-2-8(12)9-6-14-10-7-13-4-5-15(9)10/h4-8H,2-3,12H2,1H3. The van der Waals surface area contributed by atoms with Crippen molar-refractivity contribution in [3.63, 3.8) is 0 Å². The molecule has 6 heteroatoms. The molecule has 0 saturated carbocycles. The summed E-state index contributed by atoms with van der Waals surface area (Å²) in [5.74, 6) is -0.254. The predicted molar refractivity (Wildman–Crippen MR) is 61.2 cm³/mol. The van der Waals surface area contributed by atoms with Gasteiger partial charge in [0, 0.05) is 24.9 Å². The number of ether oxygens (including phenoxy) is 1. The molecule has 90 valence electrons. The molecule has 0 aliphatic heterocycles. The summed E-state index contributed by atoms with van der Waals surface area (Å²) in [6.07, 6.45) is 7.68. The number of methoxy groups -OCH3 is 1. The molecule has 2 heterocycles. The molecule has 0 aliphatic carbocycles. The molecule has 0 amide bonds. The van der Waals surface area contributed by atoms with Gasteiger partial charge in [-0.15, -0.1) is 0 Å². The normalized spacial score (nSPS) is 12.6. The van der Waals surface area contributed by atoms with E-state index in [0.717, 1.165) is 11.3 Å². The number of esters is 1. The lowest BCUT2D eigenvalue weighted by Crippen LogP contribution is -2.15. The van der Waals surface area contributed by atoms with Gasteiger partial charge < -0.3 is 10.5 Å². The van der Waals surface area contributed by atoms with Crippen LogP contribution >= 0.6 is 0 Å². The van der Waals surface area contributed by atoms with Crippen LogP contribution in [0.25, 0.3) is 5.65 Å². The number of aromatic nitrogens is 3. The first-order valence-electron chi connectivity index (χ1n) is 5.31. The molecule has 0 saturated heterocycles. The number of rotatable bonds is 4. The molecule has 1 unspecified atom stereocenters. The summed E-state index contributed by atoms with van der Waals surface area (Å²) in [7, 11) is 1.37. The van der Waals surface area contributed by atoms with Crippen LogP contribution in [0, 0.1) is 0 Å². The Balaban J connectivity index is 2.13. The largest absolute Gasteiger partial charge is 0.469 e. The summed E-state index contributed by atoms with van der Waals surface area (Å²) in [5, 5.41) is 0. The van der Waals surface area contributed by atoms with E-state index in [-0.39, 0.29) is 12.0 Å². The Labute approximate surface area is 98.4 Å². The lowest BCUT2D eigenvalue weighted by molar-refractivity contribution is -0.140. The van der Waals surface area contributed by atoms with Crippen molar-refractivity contribution < 1.29 is 9.53 Å². The van der Waals surface area contributed by atoms with Crippen LogP contribution < -0.4 is 5.73 Å². The van der Waals surface area contributed by atoms with E-state index in [0.29, 0.717) is 12.8 Å². The molecule has 2 aromatic heterocycles. The second-order valence-electron chi connectivity index (χ2n) is 3.71. The van der Waals surface area contributed by atoms with Gasteiger partial charge in [-0.2, -0.15) is 0 Å². The number of carbonyl (C=O) groups is 1. The molecule has 0 spiro atoms. The highest BCUT2D eigenvalue weighted by Crippen LogP contribution is 2.17. The Morgan fingerprint density at radius 3 is 3.18 bits per heavy atom. The molecule has 0 fully saturated rings. The minimum Gasteiger partial charge on any atom is -0.469 e. The second kappa shape index (κ2) is 4.92. The van der Waals surface area contributed by atoms with Crippen LogP contribution in [0.15, 0.2) is 24.8 Å². The molecular weight excluding hydrogens is 220 g/mol. The van der Waals surface area contributed by atoms with Gasteiger partial charge in [0.15, 0.2) is 5.65 Å². The summed E-state index contributed by atoms with van der Waals surface area (Å²) in [6, 6.07) is -0.244. The number of hydrogen-bond acceptors (Lipinski definition) is 5. The van der Waals surface area contributed by atoms with Crippen molar-refractivity contribution in [2.75, 3.05) is 7.11 Å². The van der Waals surface area contributed by atoms with Crippen molar-refractivity contribution in [1.29, 1.82) is 0 Å². The maximum atomic E-state index is 11.0. The first-order chi connectivity index (χ1) is 8.22. The third-order valence-corrected chi connectivity index (χ3v) is 2.61. The second-order valence-corrected chi connectivity index (χ2v) is 3.71. The van der Waals surface area contributed by atoms with Gasteiger partial charge in [-0.3, -0.25) is 14.2 Å². The van der Waals surface area contributed by atoms with Crippen molar-refractivity contribution in [3.05, 3.63) is 30.5 Å². The van der Waals surface area contributed by atoms with Crippen LogP contribution in [0.3, 0.4) is 0 Å². The minimum atomic E-state index is -0.254. The van der Waals surface area contributed by atoms with Crippen molar-refractivity contribution in [2.24, 2.45) is 5.73 Å². The Kier molecular flexibility index (Phi) is 3.34. The van der Waals surface area contributed by atoms with E-state index >= 15 is 0 Å². The Morgan fingerprint density at radius 1 is 1.59 bits per heavy atom. The van der Waals surface area contributed by atoms with E-state index in [4.69, 9.17) is 5.73 Å². The van der Waals surface area contributed by atoms with Crippen LogP contribution in [-0.4, -0.2) is 27.4 Å². The summed E-state index contributed by atoms with van der Waals surface area (Å²) >= 11 is 0. The monoisotopic (exact) mass is 234 g/mol. The van der Waals surface area contributed by atoms with Gasteiger partial charge >= 0.3 is 5.97 Å². The van der Waals surface area contributed by atoms with Crippen LogP contribution in [0.4, 0.5) is 0 Å². The first kappa shape index (κ1) is 11.5. The Hall–Kier alpha value is -1.95. The fourth-order valence-corrected chi connectivity index (χ4v) is 1.66. The maximum Gasteiger partial charge on any atom is 0.305 e. The molecule has 0 radical (unpaired) electrons. The fraction of sp³-hybridized carbons (Fsp3) is 0.364. The van der Waals surface area contributed by atoms with Gasteiger partial charge in [-0.05, 0) is 6.42 Å². The van der Waals surface area contributed by atoms with Crippen molar-refractivity contribution in [2.45, 2.75) is 18.9 Å². The molecule has 17 heavy (non-hydrogen) atoms. The van der Waals surface area contributed by atoms with E-state index in [1.54, 1.807) is 24.8 Å². The third kappa shape index (κ3) is 2.42. The highest BCUT2D eigenvalue weighted by atomic mass is 16.5. The Bertz CT molecular complexity index is 523. The van der Waals surface area contributed by atoms with Gasteiger partial charge in [0.05, 0.1) is 25.2 Å². The van der Waals surface area contributed by atoms with E-state index < -0.39 is 0 Å². The van der Waals surface area contributed by atoms with Crippen LogP contribution in [0.5, 0.6) is 0 Å². The van der Waals surface area contributed by atoms with Gasteiger partial charge in [0.1, 0.15) is 0 Å². The topological polar surface area (TPSA) is 82.5 Å². The highest BCUT2D eigenvalue weighted by Gasteiger charge is 2.13. The molecule has 0 bridgehead atoms. The molecule has 1 atom stereocenters. The molecule has 2 N–H and O–H groups in total. The average molecular weight is 234 g/mol. The van der Waals surface area contributed by atoms with E-state index in [1.165, 1.54) is 7.11 Å². The number of hydrogen-bond donors (Lipinski definition) is 1.